The molecule has 0 saturated heterocycles. The summed E-state index contributed by atoms with van der Waals surface area (Å²) in [6, 6.07) is 12.2. The lowest BCUT2D eigenvalue weighted by Gasteiger charge is -2.29. The number of urea groups is 1. The van der Waals surface area contributed by atoms with Crippen LogP contribution in [0.4, 0.5) is 10.5 Å². The molecule has 9 heteroatoms. The van der Waals surface area contributed by atoms with Gasteiger partial charge in [-0.15, -0.1) is 0 Å². The summed E-state index contributed by atoms with van der Waals surface area (Å²) in [5.74, 6) is 0.186. The van der Waals surface area contributed by atoms with Gasteiger partial charge in [-0.05, 0) is 56.2 Å². The fourth-order valence-corrected chi connectivity index (χ4v) is 3.97. The predicted octanol–water partition coefficient (Wildman–Crippen LogP) is 2.06. The number of carbonyl (C=O) groups is 3. The highest BCUT2D eigenvalue weighted by Gasteiger charge is 2.32. The summed E-state index contributed by atoms with van der Waals surface area (Å²) < 4.78 is 5.55. The first-order chi connectivity index (χ1) is 16.3. The van der Waals surface area contributed by atoms with Crippen molar-refractivity contribution in [3.63, 3.8) is 0 Å². The van der Waals surface area contributed by atoms with Crippen LogP contribution in [0.15, 0.2) is 42.5 Å². The Morgan fingerprint density at radius 1 is 1.15 bits per heavy atom. The summed E-state index contributed by atoms with van der Waals surface area (Å²) in [6.07, 6.45) is 0. The molecule has 0 aromatic heterocycles. The van der Waals surface area contributed by atoms with Crippen molar-refractivity contribution >= 4 is 23.5 Å². The Morgan fingerprint density at radius 2 is 1.91 bits per heavy atom. The van der Waals surface area contributed by atoms with Crippen LogP contribution >= 0.6 is 0 Å². The van der Waals surface area contributed by atoms with E-state index in [0.717, 1.165) is 16.8 Å². The average Bonchev–Trinajstić information content (AvgIpc) is 2.97. The fourth-order valence-electron chi connectivity index (χ4n) is 3.97. The summed E-state index contributed by atoms with van der Waals surface area (Å²) in [6.45, 7) is 6.57. The van der Waals surface area contributed by atoms with Crippen LogP contribution in [0.25, 0.3) is 0 Å². The number of hydrogen-bond donors (Lipinski definition) is 3. The van der Waals surface area contributed by atoms with Crippen molar-refractivity contribution in [3.05, 3.63) is 59.2 Å². The molecule has 1 heterocycles. The molecule has 0 saturated carbocycles. The molecule has 0 aliphatic carbocycles. The Kier molecular flexibility index (Phi) is 8.48. The number of aryl methyl sites for hydroxylation is 1. The molecule has 0 fully saturated rings. The number of para-hydroxylation sites is 1. The van der Waals surface area contributed by atoms with Gasteiger partial charge in [0.25, 0.3) is 5.91 Å². The first-order valence-electron chi connectivity index (χ1n) is 11.4. The van der Waals surface area contributed by atoms with E-state index < -0.39 is 6.03 Å². The van der Waals surface area contributed by atoms with E-state index in [-0.39, 0.29) is 37.6 Å². The van der Waals surface area contributed by atoms with E-state index in [4.69, 9.17) is 9.84 Å². The maximum Gasteiger partial charge on any atom is 0.318 e. The topological polar surface area (TPSA) is 111 Å². The number of ether oxygens (including phenoxy) is 1. The minimum atomic E-state index is -0.395. The summed E-state index contributed by atoms with van der Waals surface area (Å²) >= 11 is 0. The molecule has 2 aromatic carbocycles. The highest BCUT2D eigenvalue weighted by molar-refractivity contribution is 6.07. The van der Waals surface area contributed by atoms with Gasteiger partial charge in [0, 0.05) is 36.9 Å². The summed E-state index contributed by atoms with van der Waals surface area (Å²) in [7, 11) is 0. The SMILES string of the molecule is CCOc1ccc(C(=O)N2C[C@@H](C)N(C(=O)NCC(=O)NCCO)Cc3ccccc32)c(C)c1. The Balaban J connectivity index is 1.82. The van der Waals surface area contributed by atoms with Gasteiger partial charge in [0.05, 0.1) is 19.8 Å². The normalized spacial score (nSPS) is 15.2. The fraction of sp³-hybridized carbons (Fsp3) is 0.400. The van der Waals surface area contributed by atoms with Gasteiger partial charge in [-0.25, -0.2) is 4.79 Å². The summed E-state index contributed by atoms with van der Waals surface area (Å²) in [5.41, 5.74) is 2.98. The molecular weight excluding hydrogens is 436 g/mol. The molecule has 9 nitrogen and oxygen atoms in total. The Morgan fingerprint density at radius 3 is 2.62 bits per heavy atom. The number of nitrogens with one attached hydrogen (secondary N) is 2. The second kappa shape index (κ2) is 11.5. The maximum absolute atomic E-state index is 13.6. The van der Waals surface area contributed by atoms with Crippen LogP contribution in [0.3, 0.4) is 0 Å². The van der Waals surface area contributed by atoms with E-state index in [1.165, 1.54) is 0 Å². The van der Waals surface area contributed by atoms with Crippen LogP contribution < -0.4 is 20.3 Å². The summed E-state index contributed by atoms with van der Waals surface area (Å²) in [5, 5.41) is 13.9. The lowest BCUT2D eigenvalue weighted by Crippen LogP contribution is -2.50. The van der Waals surface area contributed by atoms with Crippen molar-refractivity contribution < 1.29 is 24.2 Å². The highest BCUT2D eigenvalue weighted by atomic mass is 16.5. The number of aliphatic hydroxyl groups is 1. The third-order valence-electron chi connectivity index (χ3n) is 5.68. The largest absolute Gasteiger partial charge is 0.494 e. The molecule has 34 heavy (non-hydrogen) atoms. The number of rotatable bonds is 7. The molecular formula is C25H32N4O5. The third-order valence-corrected chi connectivity index (χ3v) is 5.68. The third kappa shape index (κ3) is 5.85. The van der Waals surface area contributed by atoms with Crippen LogP contribution in [-0.4, -0.2) is 66.7 Å². The highest BCUT2D eigenvalue weighted by Crippen LogP contribution is 2.30. The second-order valence-corrected chi connectivity index (χ2v) is 8.16. The Labute approximate surface area is 199 Å². The minimum Gasteiger partial charge on any atom is -0.494 e. The zero-order valence-corrected chi connectivity index (χ0v) is 19.8. The number of benzene rings is 2. The molecule has 1 aliphatic heterocycles. The minimum absolute atomic E-state index is 0.129. The molecule has 0 bridgehead atoms. The number of fused-ring (bicyclic) bond motifs is 1. The number of aliphatic hydroxyl groups excluding tert-OH is 1. The zero-order valence-electron chi connectivity index (χ0n) is 19.8. The van der Waals surface area contributed by atoms with Crippen molar-refractivity contribution in [3.8, 4) is 5.75 Å². The predicted molar refractivity (Wildman–Crippen MR) is 129 cm³/mol. The molecule has 182 valence electrons. The monoisotopic (exact) mass is 468 g/mol. The van der Waals surface area contributed by atoms with Crippen molar-refractivity contribution in [2.24, 2.45) is 0 Å². The van der Waals surface area contributed by atoms with Crippen LogP contribution in [0.2, 0.25) is 0 Å². The first-order valence-corrected chi connectivity index (χ1v) is 11.4. The van der Waals surface area contributed by atoms with Gasteiger partial charge in [-0.1, -0.05) is 18.2 Å². The molecule has 0 unspecified atom stereocenters. The summed E-state index contributed by atoms with van der Waals surface area (Å²) in [4.78, 5) is 41.7. The second-order valence-electron chi connectivity index (χ2n) is 8.16. The van der Waals surface area contributed by atoms with E-state index in [1.807, 2.05) is 51.1 Å². The van der Waals surface area contributed by atoms with E-state index in [2.05, 4.69) is 10.6 Å². The Hall–Kier alpha value is -3.59. The molecule has 0 radical (unpaired) electrons. The van der Waals surface area contributed by atoms with Gasteiger partial charge >= 0.3 is 6.03 Å². The molecule has 3 rings (SSSR count). The molecule has 4 amide bonds. The van der Waals surface area contributed by atoms with Crippen LogP contribution in [0, 0.1) is 6.92 Å². The number of amides is 4. The Bertz CT molecular complexity index is 1040. The number of nitrogens with zero attached hydrogens (tertiary/aromatic N) is 2. The standard InChI is InChI=1S/C25H32N4O5/c1-4-34-20-9-10-21(17(2)13-20)24(32)29-15-18(3)28(16-19-7-5-6-8-22(19)29)25(33)27-14-23(31)26-11-12-30/h5-10,13,18,30H,4,11-12,14-16H2,1-3H3,(H,26,31)(H,27,33)/t18-/m1/s1. The molecule has 3 N–H and O–H groups in total. The van der Waals surface area contributed by atoms with Crippen molar-refractivity contribution in [1.29, 1.82) is 0 Å². The van der Waals surface area contributed by atoms with Gasteiger partial charge in [-0.2, -0.15) is 0 Å². The number of carbonyl (C=O) groups excluding carboxylic acids is 3. The zero-order chi connectivity index (χ0) is 24.7. The molecule has 0 spiro atoms. The van der Waals surface area contributed by atoms with E-state index in [0.29, 0.717) is 31.0 Å². The van der Waals surface area contributed by atoms with Crippen LogP contribution in [0.1, 0.15) is 35.3 Å². The van der Waals surface area contributed by atoms with Crippen LogP contribution in [-0.2, 0) is 11.3 Å². The van der Waals surface area contributed by atoms with Gasteiger partial charge in [0.1, 0.15) is 5.75 Å². The van der Waals surface area contributed by atoms with Crippen LogP contribution in [0.5, 0.6) is 5.75 Å². The van der Waals surface area contributed by atoms with E-state index >= 15 is 0 Å². The number of anilines is 1. The van der Waals surface area contributed by atoms with Crippen molar-refractivity contribution in [1.82, 2.24) is 15.5 Å². The molecule has 2 aromatic rings. The lowest BCUT2D eigenvalue weighted by molar-refractivity contribution is -0.120. The van der Waals surface area contributed by atoms with Crippen molar-refractivity contribution in [2.45, 2.75) is 33.4 Å². The van der Waals surface area contributed by atoms with Crippen molar-refractivity contribution in [2.75, 3.05) is 37.7 Å². The van der Waals surface area contributed by atoms with E-state index in [9.17, 15) is 14.4 Å². The smallest absolute Gasteiger partial charge is 0.318 e. The van der Waals surface area contributed by atoms with Gasteiger partial charge in [-0.3, -0.25) is 9.59 Å². The van der Waals surface area contributed by atoms with Gasteiger partial charge in [0.2, 0.25) is 5.91 Å². The number of hydrogen-bond acceptors (Lipinski definition) is 5. The quantitative estimate of drug-likeness (QED) is 0.576. The average molecular weight is 469 g/mol. The first kappa shape index (κ1) is 25.0. The molecule has 1 atom stereocenters. The molecule has 1 aliphatic rings. The van der Waals surface area contributed by atoms with Gasteiger partial charge in [0.15, 0.2) is 0 Å². The van der Waals surface area contributed by atoms with Gasteiger partial charge < -0.3 is 30.3 Å². The van der Waals surface area contributed by atoms with E-state index in [1.54, 1.807) is 21.9 Å². The lowest BCUT2D eigenvalue weighted by atomic mass is 10.1. The maximum atomic E-state index is 13.6.